The molecule has 6 aromatic rings. The first-order chi connectivity index (χ1) is 30.5. The Bertz CT molecular complexity index is 2750. The molecule has 1 aliphatic carbocycles. The highest BCUT2D eigenvalue weighted by molar-refractivity contribution is 6.42. The maximum Gasteiger partial charge on any atom is 0.326 e. The molecule has 0 bridgehead atoms. The topological polar surface area (TPSA) is 132 Å². The average Bonchev–Trinajstić information content (AvgIpc) is 3.74. The van der Waals surface area contributed by atoms with E-state index in [-0.39, 0.29) is 24.3 Å². The largest absolute Gasteiger partial charge is 0.489 e. The second kappa shape index (κ2) is 17.6. The molecule has 0 radical (unpaired) electrons. The number of nitrogens with one attached hydrogen (secondary N) is 1. The van der Waals surface area contributed by atoms with Gasteiger partial charge in [-0.2, -0.15) is 5.26 Å². The number of carbonyl (C=O) groups excluding carboxylic acids is 2. The number of carboxylic acid groups (broad SMARTS) is 1. The van der Waals surface area contributed by atoms with Crippen molar-refractivity contribution in [3.8, 4) is 28.7 Å². The number of aliphatic carboxylic acids is 1. The number of likely N-dealkylation sites (N-methyl/N-ethyl adjacent to an activating group) is 1. The molecule has 0 aromatic heterocycles. The Kier molecular flexibility index (Phi) is 11.7. The van der Waals surface area contributed by atoms with E-state index < -0.39 is 24.2 Å². The molecule has 0 saturated heterocycles. The fourth-order valence-corrected chi connectivity index (χ4v) is 9.19. The van der Waals surface area contributed by atoms with Crippen molar-refractivity contribution in [2.24, 2.45) is 0 Å². The number of rotatable bonds is 11. The van der Waals surface area contributed by atoms with Gasteiger partial charge in [-0.25, -0.2) is 4.79 Å². The van der Waals surface area contributed by atoms with E-state index in [2.05, 4.69) is 28.4 Å². The van der Waals surface area contributed by atoms with Crippen LogP contribution in [-0.2, 0) is 53.2 Å². The molecular formula is C51H42Cl2N4O6. The summed E-state index contributed by atoms with van der Waals surface area (Å²) in [5, 5.41) is 23.4. The fraction of sp³-hybridized carbons (Fsp3) is 0.216. The summed E-state index contributed by atoms with van der Waals surface area (Å²) in [4.78, 5) is 44.9. The number of hydrogen-bond donors (Lipinski definition) is 2. The van der Waals surface area contributed by atoms with Crippen LogP contribution in [0.4, 0.5) is 5.69 Å². The van der Waals surface area contributed by atoms with Crippen molar-refractivity contribution >= 4 is 46.7 Å². The highest BCUT2D eigenvalue weighted by Gasteiger charge is 2.41. The predicted molar refractivity (Wildman–Crippen MR) is 241 cm³/mol. The summed E-state index contributed by atoms with van der Waals surface area (Å²) in [6.07, 6.45) is 1.06. The minimum atomic E-state index is -1.16. The highest BCUT2D eigenvalue weighted by Crippen LogP contribution is 2.43. The maximum absolute atomic E-state index is 14.5. The molecule has 2 N–H and O–H groups in total. The van der Waals surface area contributed by atoms with E-state index in [0.29, 0.717) is 57.9 Å². The number of carbonyl (C=O) groups is 3. The number of benzene rings is 6. The highest BCUT2D eigenvalue weighted by atomic mass is 35.5. The minimum Gasteiger partial charge on any atom is -0.489 e. The van der Waals surface area contributed by atoms with E-state index >= 15 is 0 Å². The van der Waals surface area contributed by atoms with Gasteiger partial charge in [-0.05, 0) is 112 Å². The van der Waals surface area contributed by atoms with Crippen LogP contribution in [0.5, 0.6) is 11.5 Å². The lowest BCUT2D eigenvalue weighted by molar-refractivity contribution is -0.143. The van der Waals surface area contributed by atoms with Gasteiger partial charge in [0.1, 0.15) is 24.1 Å². The molecule has 2 heterocycles. The molecule has 3 atom stereocenters. The Hall–Kier alpha value is -6.64. The van der Waals surface area contributed by atoms with Gasteiger partial charge in [0.05, 0.1) is 33.4 Å². The molecule has 9 rings (SSSR count). The molecule has 0 spiro atoms. The average molecular weight is 878 g/mol. The number of anilines is 1. The first kappa shape index (κ1) is 41.7. The van der Waals surface area contributed by atoms with Crippen LogP contribution in [-0.4, -0.2) is 53.0 Å². The Morgan fingerprint density at radius 3 is 2.14 bits per heavy atom. The van der Waals surface area contributed by atoms with Crippen LogP contribution >= 0.6 is 23.2 Å². The standard InChI is InChI=1S/C51H42Cl2N4O6/c1-56-45-24-38-25-46(49(58)55-44(51(60)61)21-30-6-11-33(12-7-30)34-13-8-31(27-54)9-14-34)57(40-22-36-4-2-3-5-37(36)23-40)28-39(38)26-47(45)63-48(50(56)59)35-15-17-41(18-16-35)62-29-32-10-19-42(52)43(53)20-32/h2-20,24,26,40,44,46,48H,21-23,25,28-29H2,1H3,(H,55,58)(H,60,61)/t44-,46-,48?/m0/s1. The summed E-state index contributed by atoms with van der Waals surface area (Å²) < 4.78 is 12.5. The van der Waals surface area contributed by atoms with Crippen molar-refractivity contribution in [3.05, 3.63) is 182 Å². The zero-order valence-electron chi connectivity index (χ0n) is 34.3. The quantitative estimate of drug-likeness (QED) is 0.132. The van der Waals surface area contributed by atoms with Crippen LogP contribution in [0.25, 0.3) is 11.1 Å². The molecular weight excluding hydrogens is 835 g/mol. The lowest BCUT2D eigenvalue weighted by Crippen LogP contribution is -2.57. The SMILES string of the molecule is CN1C(=O)C(c2ccc(OCc3ccc(Cl)c(Cl)c3)cc2)Oc2cc3c(cc21)C[C@@H](C(=O)N[C@@H](Cc1ccc(-c2ccc(C#N)cc2)cc1)C(=O)O)N(C1Cc2ccccc2C1)C3. The number of ether oxygens (including phenoxy) is 2. The van der Waals surface area contributed by atoms with Crippen LogP contribution in [0.1, 0.15) is 50.6 Å². The molecule has 10 nitrogen and oxygen atoms in total. The van der Waals surface area contributed by atoms with Crippen LogP contribution in [0.15, 0.2) is 127 Å². The Morgan fingerprint density at radius 1 is 0.825 bits per heavy atom. The van der Waals surface area contributed by atoms with Crippen molar-refractivity contribution in [2.45, 2.75) is 63.1 Å². The molecule has 2 amide bonds. The fourth-order valence-electron chi connectivity index (χ4n) is 8.87. The van der Waals surface area contributed by atoms with E-state index in [9.17, 15) is 19.5 Å². The molecule has 316 valence electrons. The first-order valence-electron chi connectivity index (χ1n) is 20.7. The molecule has 2 aliphatic heterocycles. The second-order valence-corrected chi connectivity index (χ2v) is 17.1. The van der Waals surface area contributed by atoms with Crippen LogP contribution < -0.4 is 19.7 Å². The number of carboxylic acids is 1. The zero-order chi connectivity index (χ0) is 43.8. The Labute approximate surface area is 375 Å². The van der Waals surface area contributed by atoms with Crippen molar-refractivity contribution in [2.75, 3.05) is 11.9 Å². The Balaban J connectivity index is 0.936. The normalized spacial score (nSPS) is 17.4. The van der Waals surface area contributed by atoms with Gasteiger partial charge in [-0.15, -0.1) is 0 Å². The molecule has 0 fully saturated rings. The van der Waals surface area contributed by atoms with E-state index in [0.717, 1.165) is 46.2 Å². The third-order valence-electron chi connectivity index (χ3n) is 12.3. The molecule has 63 heavy (non-hydrogen) atoms. The van der Waals surface area contributed by atoms with Crippen LogP contribution in [0.2, 0.25) is 10.0 Å². The number of amides is 2. The van der Waals surface area contributed by atoms with Gasteiger partial charge in [0.2, 0.25) is 12.0 Å². The molecule has 12 heteroatoms. The van der Waals surface area contributed by atoms with Crippen LogP contribution in [0, 0.1) is 11.3 Å². The summed E-state index contributed by atoms with van der Waals surface area (Å²) in [7, 11) is 1.72. The third-order valence-corrected chi connectivity index (χ3v) is 13.1. The van der Waals surface area contributed by atoms with Gasteiger partial charge in [0, 0.05) is 31.6 Å². The van der Waals surface area contributed by atoms with E-state index in [1.165, 1.54) is 11.1 Å². The molecule has 3 aliphatic rings. The molecule has 0 saturated carbocycles. The first-order valence-corrected chi connectivity index (χ1v) is 21.5. The van der Waals surface area contributed by atoms with Gasteiger partial charge in [0.25, 0.3) is 5.91 Å². The van der Waals surface area contributed by atoms with Gasteiger partial charge < -0.3 is 24.8 Å². The number of hydrogen-bond acceptors (Lipinski definition) is 7. The molecule has 6 aromatic carbocycles. The minimum absolute atomic E-state index is 0.00992. The van der Waals surface area contributed by atoms with Crippen molar-refractivity contribution in [1.29, 1.82) is 5.26 Å². The summed E-state index contributed by atoms with van der Waals surface area (Å²) in [6, 6.07) is 40.0. The van der Waals surface area contributed by atoms with Crippen LogP contribution in [0.3, 0.4) is 0 Å². The lowest BCUT2D eigenvalue weighted by Gasteiger charge is -2.41. The van der Waals surface area contributed by atoms with Crippen molar-refractivity contribution < 1.29 is 29.0 Å². The van der Waals surface area contributed by atoms with Gasteiger partial charge in [-0.3, -0.25) is 14.5 Å². The third kappa shape index (κ3) is 8.73. The number of nitrogens with zero attached hydrogens (tertiary/aromatic N) is 3. The predicted octanol–water partition coefficient (Wildman–Crippen LogP) is 8.91. The van der Waals surface area contributed by atoms with Crippen molar-refractivity contribution in [3.63, 3.8) is 0 Å². The number of nitriles is 1. The monoisotopic (exact) mass is 876 g/mol. The maximum atomic E-state index is 14.5. The van der Waals surface area contributed by atoms with E-state index in [4.69, 9.17) is 37.9 Å². The van der Waals surface area contributed by atoms with Crippen molar-refractivity contribution in [1.82, 2.24) is 10.2 Å². The van der Waals surface area contributed by atoms with Gasteiger partial charge in [-0.1, -0.05) is 102 Å². The summed E-state index contributed by atoms with van der Waals surface area (Å²) in [5.74, 6) is -0.540. The van der Waals surface area contributed by atoms with E-state index in [1.54, 1.807) is 48.3 Å². The lowest BCUT2D eigenvalue weighted by atomic mass is 9.89. The zero-order valence-corrected chi connectivity index (χ0v) is 35.8. The summed E-state index contributed by atoms with van der Waals surface area (Å²) in [5.41, 5.74) is 9.71. The smallest absolute Gasteiger partial charge is 0.326 e. The Morgan fingerprint density at radius 2 is 1.49 bits per heavy atom. The summed E-state index contributed by atoms with van der Waals surface area (Å²) >= 11 is 12.2. The van der Waals surface area contributed by atoms with Gasteiger partial charge in [0.15, 0.2) is 0 Å². The van der Waals surface area contributed by atoms with Gasteiger partial charge >= 0.3 is 5.97 Å². The number of fused-ring (bicyclic) bond motifs is 3. The second-order valence-electron chi connectivity index (χ2n) is 16.3. The number of halogens is 2. The molecule has 1 unspecified atom stereocenters. The van der Waals surface area contributed by atoms with E-state index in [1.807, 2.05) is 78.9 Å². The summed E-state index contributed by atoms with van der Waals surface area (Å²) in [6.45, 7) is 0.727.